The molecule has 0 saturated heterocycles. The van der Waals surface area contributed by atoms with E-state index < -0.39 is 5.97 Å². The molecule has 0 amide bonds. The summed E-state index contributed by atoms with van der Waals surface area (Å²) in [5.74, 6) is -0.392. The number of benzene rings is 2. The van der Waals surface area contributed by atoms with E-state index in [9.17, 15) is 4.79 Å². The normalized spacial score (nSPS) is 10.2. The van der Waals surface area contributed by atoms with Crippen LogP contribution >= 0.6 is 15.9 Å². The first-order valence-electron chi connectivity index (χ1n) is 6.02. The largest absolute Gasteiger partial charge is 0.465 e. The molecule has 0 aromatic heterocycles. The fourth-order valence-electron chi connectivity index (χ4n) is 1.79. The zero-order chi connectivity index (χ0) is 14.7. The summed E-state index contributed by atoms with van der Waals surface area (Å²) in [5.41, 5.74) is 9.63. The van der Waals surface area contributed by atoms with Gasteiger partial charge in [-0.15, -0.1) is 0 Å². The Hall–Kier alpha value is -2.01. The summed E-state index contributed by atoms with van der Waals surface area (Å²) in [7, 11) is 1.35. The molecule has 3 N–H and O–H groups in total. The summed E-state index contributed by atoms with van der Waals surface area (Å²) in [6.07, 6.45) is 0. The summed E-state index contributed by atoms with van der Waals surface area (Å²) in [6.45, 7) is 2.01. The maximum Gasteiger partial charge on any atom is 0.337 e. The van der Waals surface area contributed by atoms with E-state index in [-0.39, 0.29) is 0 Å². The van der Waals surface area contributed by atoms with Gasteiger partial charge < -0.3 is 15.8 Å². The van der Waals surface area contributed by atoms with Gasteiger partial charge in [0, 0.05) is 4.47 Å². The second-order valence-electron chi connectivity index (χ2n) is 4.40. The van der Waals surface area contributed by atoms with E-state index in [2.05, 4.69) is 21.2 Å². The number of nitrogens with one attached hydrogen (secondary N) is 1. The molecule has 0 radical (unpaired) electrons. The molecular formula is C15H15BrN2O2. The lowest BCUT2D eigenvalue weighted by molar-refractivity contribution is 0.0601. The molecule has 0 heterocycles. The van der Waals surface area contributed by atoms with E-state index in [1.165, 1.54) is 7.11 Å². The molecular weight excluding hydrogens is 320 g/mol. The summed E-state index contributed by atoms with van der Waals surface area (Å²) in [6, 6.07) is 10.9. The second kappa shape index (κ2) is 5.96. The van der Waals surface area contributed by atoms with Crippen molar-refractivity contribution in [2.75, 3.05) is 18.2 Å². The van der Waals surface area contributed by atoms with Crippen molar-refractivity contribution in [3.8, 4) is 0 Å². The third kappa shape index (κ3) is 3.11. The molecule has 0 saturated carbocycles. The van der Waals surface area contributed by atoms with E-state index in [4.69, 9.17) is 10.5 Å². The summed E-state index contributed by atoms with van der Waals surface area (Å²) in [4.78, 5) is 11.6. The van der Waals surface area contributed by atoms with Crippen LogP contribution in [-0.4, -0.2) is 13.1 Å². The molecule has 104 valence electrons. The minimum atomic E-state index is -0.392. The van der Waals surface area contributed by atoms with Gasteiger partial charge in [0.2, 0.25) is 0 Å². The van der Waals surface area contributed by atoms with Crippen LogP contribution in [0.2, 0.25) is 0 Å². The Morgan fingerprint density at radius 3 is 2.65 bits per heavy atom. The third-order valence-corrected chi connectivity index (χ3v) is 3.56. The number of aryl methyl sites for hydroxylation is 1. The number of carbonyl (C=O) groups excluding carboxylic acids is 1. The third-order valence-electron chi connectivity index (χ3n) is 2.87. The van der Waals surface area contributed by atoms with Gasteiger partial charge in [-0.2, -0.15) is 0 Å². The molecule has 0 aliphatic heterocycles. The molecule has 0 atom stereocenters. The highest BCUT2D eigenvalue weighted by Gasteiger charge is 2.09. The highest BCUT2D eigenvalue weighted by atomic mass is 79.9. The number of anilines is 3. The van der Waals surface area contributed by atoms with Crippen LogP contribution in [-0.2, 0) is 4.74 Å². The number of nitrogen functional groups attached to an aromatic ring is 1. The highest BCUT2D eigenvalue weighted by Crippen LogP contribution is 2.30. The van der Waals surface area contributed by atoms with Gasteiger partial charge in [0.15, 0.2) is 0 Å². The van der Waals surface area contributed by atoms with Crippen molar-refractivity contribution >= 4 is 39.0 Å². The first-order chi connectivity index (χ1) is 9.51. The van der Waals surface area contributed by atoms with Crippen molar-refractivity contribution < 1.29 is 9.53 Å². The molecule has 0 spiro atoms. The number of nitrogens with two attached hydrogens (primary N) is 1. The molecule has 0 unspecified atom stereocenters. The van der Waals surface area contributed by atoms with Crippen LogP contribution in [0.5, 0.6) is 0 Å². The summed E-state index contributed by atoms with van der Waals surface area (Å²) in [5, 5.41) is 3.22. The van der Waals surface area contributed by atoms with Crippen molar-refractivity contribution in [2.24, 2.45) is 0 Å². The summed E-state index contributed by atoms with van der Waals surface area (Å²) >= 11 is 3.48. The highest BCUT2D eigenvalue weighted by molar-refractivity contribution is 9.10. The first-order valence-corrected chi connectivity index (χ1v) is 6.81. The molecule has 0 aliphatic carbocycles. The standard InChI is InChI=1S/C15H15BrN2O2/c1-9-3-5-11(16)13(7-9)18-14-8-10(15(19)20-2)4-6-12(14)17/h3-8,18H,17H2,1-2H3. The van der Waals surface area contributed by atoms with Gasteiger partial charge >= 0.3 is 5.97 Å². The van der Waals surface area contributed by atoms with Gasteiger partial charge in [0.05, 0.1) is 29.7 Å². The van der Waals surface area contributed by atoms with Gasteiger partial charge in [-0.05, 0) is 58.7 Å². The Morgan fingerprint density at radius 1 is 1.20 bits per heavy atom. The van der Waals surface area contributed by atoms with E-state index >= 15 is 0 Å². The van der Waals surface area contributed by atoms with E-state index in [0.29, 0.717) is 16.9 Å². The van der Waals surface area contributed by atoms with Crippen molar-refractivity contribution in [3.05, 3.63) is 52.0 Å². The number of esters is 1. The molecule has 2 rings (SSSR count). The molecule has 0 aliphatic rings. The molecule has 0 bridgehead atoms. The van der Waals surface area contributed by atoms with E-state index in [1.807, 2.05) is 25.1 Å². The van der Waals surface area contributed by atoms with Crippen LogP contribution in [0.3, 0.4) is 0 Å². The van der Waals surface area contributed by atoms with Crippen molar-refractivity contribution in [1.82, 2.24) is 0 Å². The van der Waals surface area contributed by atoms with Crippen LogP contribution in [0, 0.1) is 6.92 Å². The van der Waals surface area contributed by atoms with Crippen LogP contribution < -0.4 is 11.1 Å². The second-order valence-corrected chi connectivity index (χ2v) is 5.26. The molecule has 4 nitrogen and oxygen atoms in total. The number of hydrogen-bond acceptors (Lipinski definition) is 4. The lowest BCUT2D eigenvalue weighted by Gasteiger charge is -2.13. The molecule has 2 aromatic carbocycles. The maximum atomic E-state index is 11.6. The number of rotatable bonds is 3. The zero-order valence-corrected chi connectivity index (χ0v) is 12.8. The number of hydrogen-bond donors (Lipinski definition) is 2. The average molecular weight is 335 g/mol. The Morgan fingerprint density at radius 2 is 1.95 bits per heavy atom. The summed E-state index contributed by atoms with van der Waals surface area (Å²) < 4.78 is 5.63. The maximum absolute atomic E-state index is 11.6. The van der Waals surface area contributed by atoms with Crippen LogP contribution in [0.25, 0.3) is 0 Å². The van der Waals surface area contributed by atoms with Gasteiger partial charge in [0.25, 0.3) is 0 Å². The quantitative estimate of drug-likeness (QED) is 0.660. The zero-order valence-electron chi connectivity index (χ0n) is 11.2. The van der Waals surface area contributed by atoms with E-state index in [0.717, 1.165) is 15.7 Å². The fraction of sp³-hybridized carbons (Fsp3) is 0.133. The minimum Gasteiger partial charge on any atom is -0.465 e. The SMILES string of the molecule is COC(=O)c1ccc(N)c(Nc2cc(C)ccc2Br)c1. The van der Waals surface area contributed by atoms with Crippen molar-refractivity contribution in [2.45, 2.75) is 6.92 Å². The molecule has 5 heteroatoms. The van der Waals surface area contributed by atoms with Crippen molar-refractivity contribution in [3.63, 3.8) is 0 Å². The Labute approximate surface area is 126 Å². The van der Waals surface area contributed by atoms with Gasteiger partial charge in [0.1, 0.15) is 0 Å². The van der Waals surface area contributed by atoms with Crippen LogP contribution in [0.4, 0.5) is 17.1 Å². The number of methoxy groups -OCH3 is 1. The fourth-order valence-corrected chi connectivity index (χ4v) is 2.14. The van der Waals surface area contributed by atoms with Crippen LogP contribution in [0.1, 0.15) is 15.9 Å². The average Bonchev–Trinajstić information content (AvgIpc) is 2.44. The molecule has 20 heavy (non-hydrogen) atoms. The monoisotopic (exact) mass is 334 g/mol. The molecule has 2 aromatic rings. The smallest absolute Gasteiger partial charge is 0.337 e. The van der Waals surface area contributed by atoms with Gasteiger partial charge in [-0.25, -0.2) is 4.79 Å². The number of halogens is 1. The minimum absolute atomic E-state index is 0.392. The molecule has 0 fully saturated rings. The first kappa shape index (κ1) is 14.4. The Bertz CT molecular complexity index is 656. The number of carbonyl (C=O) groups is 1. The van der Waals surface area contributed by atoms with Gasteiger partial charge in [-0.1, -0.05) is 6.07 Å². The predicted molar refractivity (Wildman–Crippen MR) is 84.4 cm³/mol. The van der Waals surface area contributed by atoms with Crippen molar-refractivity contribution in [1.29, 1.82) is 0 Å². The number of ether oxygens (including phenoxy) is 1. The Kier molecular flexibility index (Phi) is 4.29. The Balaban J connectivity index is 2.37. The lowest BCUT2D eigenvalue weighted by Crippen LogP contribution is -2.04. The lowest BCUT2D eigenvalue weighted by atomic mass is 10.1. The predicted octanol–water partition coefficient (Wildman–Crippen LogP) is 3.87. The van der Waals surface area contributed by atoms with Gasteiger partial charge in [-0.3, -0.25) is 0 Å². The topological polar surface area (TPSA) is 64.3 Å². The van der Waals surface area contributed by atoms with Crippen LogP contribution in [0.15, 0.2) is 40.9 Å². The van der Waals surface area contributed by atoms with E-state index in [1.54, 1.807) is 18.2 Å².